The maximum atomic E-state index is 5.90. The molecule has 1 aromatic carbocycles. The summed E-state index contributed by atoms with van der Waals surface area (Å²) in [5.74, 6) is 0. The number of nitrogen functional groups attached to an aromatic ring is 1. The highest BCUT2D eigenvalue weighted by Gasteiger charge is 2.32. The fourth-order valence-corrected chi connectivity index (χ4v) is 3.17. The summed E-state index contributed by atoms with van der Waals surface area (Å²) in [5.41, 5.74) is 7.91. The standard InChI is InChI=1S/C13H18Br2N2O/c1-13(2,3)17-6-11(18-7-17)8-4-9(14)12(16)10(15)5-8/h4-5,11H,6-7,16H2,1-3H3. The SMILES string of the molecule is CC(C)(C)N1COC(c2cc(Br)c(N)c(Br)c2)C1. The Labute approximate surface area is 125 Å². The maximum absolute atomic E-state index is 5.90. The lowest BCUT2D eigenvalue weighted by molar-refractivity contribution is 0.0607. The van der Waals surface area contributed by atoms with Gasteiger partial charge in [-0.05, 0) is 70.3 Å². The molecule has 1 heterocycles. The van der Waals surface area contributed by atoms with E-state index >= 15 is 0 Å². The Kier molecular flexibility index (Phi) is 4.07. The van der Waals surface area contributed by atoms with E-state index in [0.717, 1.165) is 26.7 Å². The average molecular weight is 378 g/mol. The molecule has 0 bridgehead atoms. The van der Waals surface area contributed by atoms with Gasteiger partial charge in [-0.1, -0.05) is 0 Å². The first kappa shape index (κ1) is 14.3. The van der Waals surface area contributed by atoms with Crippen LogP contribution in [0, 0.1) is 0 Å². The molecule has 0 aliphatic carbocycles. The van der Waals surface area contributed by atoms with E-state index in [0.29, 0.717) is 6.73 Å². The number of halogens is 2. The van der Waals surface area contributed by atoms with E-state index in [9.17, 15) is 0 Å². The van der Waals surface area contributed by atoms with Crippen LogP contribution in [-0.2, 0) is 4.74 Å². The van der Waals surface area contributed by atoms with Gasteiger partial charge in [-0.3, -0.25) is 4.90 Å². The summed E-state index contributed by atoms with van der Waals surface area (Å²) < 4.78 is 7.69. The molecule has 1 atom stereocenters. The third-order valence-corrected chi connectivity index (χ3v) is 4.55. The molecule has 1 aliphatic heterocycles. The quantitative estimate of drug-likeness (QED) is 0.753. The van der Waals surface area contributed by atoms with E-state index < -0.39 is 0 Å². The number of hydrogen-bond acceptors (Lipinski definition) is 3. The second-order valence-corrected chi connectivity index (χ2v) is 7.28. The van der Waals surface area contributed by atoms with Crippen molar-refractivity contribution in [2.24, 2.45) is 0 Å². The number of nitrogens with zero attached hydrogens (tertiary/aromatic N) is 1. The summed E-state index contributed by atoms with van der Waals surface area (Å²) in [6, 6.07) is 4.08. The Balaban J connectivity index is 2.20. The van der Waals surface area contributed by atoms with Gasteiger partial charge in [-0.25, -0.2) is 0 Å². The van der Waals surface area contributed by atoms with Crippen LogP contribution in [0.1, 0.15) is 32.4 Å². The molecule has 1 fully saturated rings. The predicted octanol–water partition coefficient (Wildman–Crippen LogP) is 3.92. The van der Waals surface area contributed by atoms with E-state index in [4.69, 9.17) is 10.5 Å². The summed E-state index contributed by atoms with van der Waals surface area (Å²) in [5, 5.41) is 0. The van der Waals surface area contributed by atoms with E-state index in [1.807, 2.05) is 12.1 Å². The lowest BCUT2D eigenvalue weighted by Crippen LogP contribution is -2.39. The van der Waals surface area contributed by atoms with E-state index in [1.54, 1.807) is 0 Å². The van der Waals surface area contributed by atoms with Crippen molar-refractivity contribution < 1.29 is 4.74 Å². The lowest BCUT2D eigenvalue weighted by atomic mass is 10.0. The number of anilines is 1. The summed E-state index contributed by atoms with van der Waals surface area (Å²) in [6.07, 6.45) is 0.109. The van der Waals surface area contributed by atoms with Gasteiger partial charge in [0, 0.05) is 21.0 Å². The van der Waals surface area contributed by atoms with Crippen LogP contribution < -0.4 is 5.73 Å². The zero-order chi connectivity index (χ0) is 13.5. The van der Waals surface area contributed by atoms with Crippen LogP contribution >= 0.6 is 31.9 Å². The predicted molar refractivity (Wildman–Crippen MR) is 81.4 cm³/mol. The first-order valence-corrected chi connectivity index (χ1v) is 7.48. The summed E-state index contributed by atoms with van der Waals surface area (Å²) in [4.78, 5) is 2.33. The maximum Gasteiger partial charge on any atom is 0.100 e. The van der Waals surface area contributed by atoms with Gasteiger partial charge in [-0.15, -0.1) is 0 Å². The first-order chi connectivity index (χ1) is 8.29. The monoisotopic (exact) mass is 376 g/mol. The topological polar surface area (TPSA) is 38.5 Å². The van der Waals surface area contributed by atoms with E-state index in [2.05, 4.69) is 57.5 Å². The number of ether oxygens (including phenoxy) is 1. The highest BCUT2D eigenvalue weighted by Crippen LogP contribution is 2.35. The Morgan fingerprint density at radius 2 is 1.83 bits per heavy atom. The van der Waals surface area contributed by atoms with Crippen molar-refractivity contribution in [1.29, 1.82) is 0 Å². The third-order valence-electron chi connectivity index (χ3n) is 3.24. The molecule has 1 unspecified atom stereocenters. The summed E-state index contributed by atoms with van der Waals surface area (Å²) in [7, 11) is 0. The third kappa shape index (κ3) is 2.90. The van der Waals surface area contributed by atoms with E-state index in [1.165, 1.54) is 0 Å². The van der Waals surface area contributed by atoms with Crippen LogP contribution in [0.25, 0.3) is 0 Å². The zero-order valence-electron chi connectivity index (χ0n) is 10.8. The summed E-state index contributed by atoms with van der Waals surface area (Å²) >= 11 is 6.95. The highest BCUT2D eigenvalue weighted by molar-refractivity contribution is 9.11. The van der Waals surface area contributed by atoms with Crippen molar-refractivity contribution in [3.8, 4) is 0 Å². The van der Waals surface area contributed by atoms with Gasteiger partial charge in [-0.2, -0.15) is 0 Å². The second kappa shape index (κ2) is 5.12. The van der Waals surface area contributed by atoms with E-state index in [-0.39, 0.29) is 11.6 Å². The molecule has 2 N–H and O–H groups in total. The molecular formula is C13H18Br2N2O. The zero-order valence-corrected chi connectivity index (χ0v) is 14.0. The fraction of sp³-hybridized carbons (Fsp3) is 0.538. The second-order valence-electron chi connectivity index (χ2n) is 5.58. The molecule has 5 heteroatoms. The Morgan fingerprint density at radius 3 is 2.28 bits per heavy atom. The number of hydrogen-bond donors (Lipinski definition) is 1. The van der Waals surface area contributed by atoms with Gasteiger partial charge in [0.25, 0.3) is 0 Å². The molecule has 1 aliphatic rings. The molecule has 0 radical (unpaired) electrons. The number of rotatable bonds is 1. The van der Waals surface area contributed by atoms with Crippen molar-refractivity contribution in [3.63, 3.8) is 0 Å². The molecule has 1 aromatic rings. The van der Waals surface area contributed by atoms with Crippen LogP contribution in [0.4, 0.5) is 5.69 Å². The molecule has 0 aromatic heterocycles. The van der Waals surface area contributed by atoms with Gasteiger partial charge in [0.2, 0.25) is 0 Å². The van der Waals surface area contributed by atoms with Crippen molar-refractivity contribution in [1.82, 2.24) is 4.90 Å². The Morgan fingerprint density at radius 1 is 1.28 bits per heavy atom. The molecule has 100 valence electrons. The van der Waals surface area contributed by atoms with Crippen molar-refractivity contribution >= 4 is 37.5 Å². The van der Waals surface area contributed by atoms with Crippen LogP contribution in [0.2, 0.25) is 0 Å². The molecule has 1 saturated heterocycles. The van der Waals surface area contributed by atoms with Crippen molar-refractivity contribution in [2.75, 3.05) is 19.0 Å². The molecule has 0 spiro atoms. The fourth-order valence-electron chi connectivity index (χ4n) is 1.94. The highest BCUT2D eigenvalue weighted by atomic mass is 79.9. The Hall–Kier alpha value is -0.100. The van der Waals surface area contributed by atoms with Gasteiger partial charge in [0.15, 0.2) is 0 Å². The van der Waals surface area contributed by atoms with Gasteiger partial charge < -0.3 is 10.5 Å². The lowest BCUT2D eigenvalue weighted by Gasteiger charge is -2.29. The largest absolute Gasteiger partial charge is 0.397 e. The molecule has 3 nitrogen and oxygen atoms in total. The molecule has 0 saturated carbocycles. The average Bonchev–Trinajstić information content (AvgIpc) is 2.73. The number of benzene rings is 1. The molecule has 2 rings (SSSR count). The summed E-state index contributed by atoms with van der Waals surface area (Å²) in [6.45, 7) is 8.19. The smallest absolute Gasteiger partial charge is 0.100 e. The molecule has 18 heavy (non-hydrogen) atoms. The Bertz CT molecular complexity index is 434. The van der Waals surface area contributed by atoms with Gasteiger partial charge in [0.1, 0.15) is 6.73 Å². The van der Waals surface area contributed by atoms with Crippen LogP contribution in [0.15, 0.2) is 21.1 Å². The minimum absolute atomic E-state index is 0.109. The van der Waals surface area contributed by atoms with Crippen LogP contribution in [-0.4, -0.2) is 23.7 Å². The van der Waals surface area contributed by atoms with Crippen LogP contribution in [0.3, 0.4) is 0 Å². The first-order valence-electron chi connectivity index (χ1n) is 5.90. The minimum atomic E-state index is 0.109. The number of nitrogens with two attached hydrogens (primary N) is 1. The van der Waals surface area contributed by atoms with Gasteiger partial charge >= 0.3 is 0 Å². The minimum Gasteiger partial charge on any atom is -0.397 e. The van der Waals surface area contributed by atoms with Crippen molar-refractivity contribution in [3.05, 3.63) is 26.6 Å². The molecular weight excluding hydrogens is 360 g/mol. The molecule has 0 amide bonds. The normalized spacial score (nSPS) is 21.5. The van der Waals surface area contributed by atoms with Gasteiger partial charge in [0.05, 0.1) is 11.8 Å². The van der Waals surface area contributed by atoms with Crippen molar-refractivity contribution in [2.45, 2.75) is 32.4 Å². The van der Waals surface area contributed by atoms with Crippen LogP contribution in [0.5, 0.6) is 0 Å².